The summed E-state index contributed by atoms with van der Waals surface area (Å²) in [6, 6.07) is 8.90. The van der Waals surface area contributed by atoms with E-state index in [0.29, 0.717) is 37.5 Å². The van der Waals surface area contributed by atoms with Gasteiger partial charge in [0, 0.05) is 38.6 Å². The average molecular weight is 356 g/mol. The number of urea groups is 1. The Hall–Kier alpha value is -2.87. The zero-order valence-electron chi connectivity index (χ0n) is 14.5. The van der Waals surface area contributed by atoms with Crippen LogP contribution in [0.25, 0.3) is 11.0 Å². The van der Waals surface area contributed by atoms with Crippen molar-refractivity contribution in [1.82, 2.24) is 20.0 Å². The zero-order chi connectivity index (χ0) is 18.3. The summed E-state index contributed by atoms with van der Waals surface area (Å²) in [7, 11) is 1.47. The van der Waals surface area contributed by atoms with Crippen molar-refractivity contribution in [1.29, 1.82) is 0 Å². The highest BCUT2D eigenvalue weighted by molar-refractivity contribution is 5.97. The van der Waals surface area contributed by atoms with Crippen molar-refractivity contribution in [2.45, 2.75) is 12.6 Å². The molecule has 2 saturated heterocycles. The molecule has 8 heteroatoms. The summed E-state index contributed by atoms with van der Waals surface area (Å²) in [6.07, 6.45) is -0.0607. The number of fused-ring (bicyclic) bond motifs is 1. The molecule has 2 aliphatic rings. The van der Waals surface area contributed by atoms with Crippen LogP contribution < -0.4 is 5.32 Å². The minimum absolute atomic E-state index is 0.135. The molecule has 0 aliphatic carbocycles. The second-order valence-corrected chi connectivity index (χ2v) is 6.60. The van der Waals surface area contributed by atoms with Gasteiger partial charge in [0.1, 0.15) is 5.58 Å². The van der Waals surface area contributed by atoms with Crippen molar-refractivity contribution >= 4 is 28.8 Å². The Balaban J connectivity index is 1.39. The molecule has 3 heterocycles. The molecule has 1 atom stereocenters. The van der Waals surface area contributed by atoms with Crippen molar-refractivity contribution < 1.29 is 18.8 Å². The number of para-hydroxylation sites is 1. The van der Waals surface area contributed by atoms with Gasteiger partial charge in [-0.1, -0.05) is 18.2 Å². The highest BCUT2D eigenvalue weighted by atomic mass is 16.3. The third kappa shape index (κ3) is 2.92. The largest absolute Gasteiger partial charge is 0.451 e. The molecule has 2 aromatic rings. The van der Waals surface area contributed by atoms with Crippen molar-refractivity contribution in [3.8, 4) is 0 Å². The number of carbonyl (C=O) groups excluding carboxylic acids is 3. The molecule has 4 rings (SSSR count). The number of nitrogens with zero attached hydrogens (tertiary/aromatic N) is 3. The van der Waals surface area contributed by atoms with Gasteiger partial charge in [-0.3, -0.25) is 19.4 Å². The van der Waals surface area contributed by atoms with Crippen molar-refractivity contribution in [2.24, 2.45) is 0 Å². The first-order valence-corrected chi connectivity index (χ1v) is 8.62. The first kappa shape index (κ1) is 16.6. The predicted molar refractivity (Wildman–Crippen MR) is 93.4 cm³/mol. The van der Waals surface area contributed by atoms with Crippen molar-refractivity contribution in [2.75, 3.05) is 33.2 Å². The van der Waals surface area contributed by atoms with E-state index in [1.54, 1.807) is 11.0 Å². The normalized spacial score (nSPS) is 22.0. The van der Waals surface area contributed by atoms with E-state index >= 15 is 0 Å². The van der Waals surface area contributed by atoms with Crippen LogP contribution in [0.5, 0.6) is 0 Å². The summed E-state index contributed by atoms with van der Waals surface area (Å²) in [5.74, 6) is 0.00583. The monoisotopic (exact) mass is 356 g/mol. The van der Waals surface area contributed by atoms with E-state index in [4.69, 9.17) is 4.42 Å². The third-order valence-corrected chi connectivity index (χ3v) is 5.02. The third-order valence-electron chi connectivity index (χ3n) is 5.02. The maximum atomic E-state index is 12.7. The molecule has 2 aliphatic heterocycles. The summed E-state index contributed by atoms with van der Waals surface area (Å²) < 4.78 is 5.65. The summed E-state index contributed by atoms with van der Waals surface area (Å²) in [6.45, 7) is 2.22. The lowest BCUT2D eigenvalue weighted by atomic mass is 10.2. The second-order valence-electron chi connectivity index (χ2n) is 6.60. The van der Waals surface area contributed by atoms with Crippen LogP contribution >= 0.6 is 0 Å². The van der Waals surface area contributed by atoms with Gasteiger partial charge in [0.2, 0.25) is 5.91 Å². The maximum Gasteiger partial charge on any atom is 0.325 e. The van der Waals surface area contributed by atoms with Gasteiger partial charge in [-0.15, -0.1) is 0 Å². The van der Waals surface area contributed by atoms with Crippen LogP contribution in [0.4, 0.5) is 4.79 Å². The van der Waals surface area contributed by atoms with Crippen LogP contribution in [0.3, 0.4) is 0 Å². The number of hydrogen-bond donors (Lipinski definition) is 1. The van der Waals surface area contributed by atoms with E-state index in [1.807, 2.05) is 29.2 Å². The Morgan fingerprint density at radius 1 is 1.15 bits per heavy atom. The number of piperazine rings is 1. The quantitative estimate of drug-likeness (QED) is 0.870. The average Bonchev–Trinajstić information content (AvgIpc) is 3.09. The SMILES string of the molecule is CN1C(=O)CC(N2CCN(C(=O)c3cc4ccccc4o3)CC2)NC1=O. The smallest absolute Gasteiger partial charge is 0.325 e. The number of imide groups is 1. The molecule has 1 aromatic heterocycles. The molecule has 8 nitrogen and oxygen atoms in total. The van der Waals surface area contributed by atoms with Crippen LogP contribution in [-0.2, 0) is 4.79 Å². The number of nitrogens with one attached hydrogen (secondary N) is 1. The molecule has 1 N–H and O–H groups in total. The zero-order valence-corrected chi connectivity index (χ0v) is 14.5. The van der Waals surface area contributed by atoms with Gasteiger partial charge in [0.05, 0.1) is 12.6 Å². The molecule has 0 bridgehead atoms. The molecule has 0 spiro atoms. The molecule has 26 heavy (non-hydrogen) atoms. The van der Waals surface area contributed by atoms with Gasteiger partial charge in [-0.25, -0.2) is 4.79 Å². The summed E-state index contributed by atoms with van der Waals surface area (Å²) >= 11 is 0. The summed E-state index contributed by atoms with van der Waals surface area (Å²) in [4.78, 5) is 41.2. The predicted octanol–water partition coefficient (Wildman–Crippen LogP) is 1.09. The molecule has 4 amide bonds. The number of furan rings is 1. The fraction of sp³-hybridized carbons (Fsp3) is 0.389. The van der Waals surface area contributed by atoms with E-state index in [2.05, 4.69) is 5.32 Å². The lowest BCUT2D eigenvalue weighted by molar-refractivity contribution is -0.130. The maximum absolute atomic E-state index is 12.7. The number of hydrogen-bond acceptors (Lipinski definition) is 5. The van der Waals surface area contributed by atoms with Gasteiger partial charge >= 0.3 is 6.03 Å². The Morgan fingerprint density at radius 3 is 2.58 bits per heavy atom. The fourth-order valence-electron chi connectivity index (χ4n) is 3.41. The Morgan fingerprint density at radius 2 is 1.88 bits per heavy atom. The molecular formula is C18H20N4O4. The topological polar surface area (TPSA) is 86.1 Å². The first-order valence-electron chi connectivity index (χ1n) is 8.62. The number of carbonyl (C=O) groups is 3. The van der Waals surface area contributed by atoms with Crippen LogP contribution in [0.1, 0.15) is 17.0 Å². The Kier molecular flexibility index (Phi) is 4.12. The second kappa shape index (κ2) is 6.45. The first-order chi connectivity index (χ1) is 12.5. The van der Waals surface area contributed by atoms with Gasteiger partial charge in [-0.2, -0.15) is 0 Å². The summed E-state index contributed by atoms with van der Waals surface area (Å²) in [5.41, 5.74) is 0.696. The van der Waals surface area contributed by atoms with E-state index < -0.39 is 0 Å². The number of benzene rings is 1. The summed E-state index contributed by atoms with van der Waals surface area (Å²) in [5, 5.41) is 3.73. The van der Waals surface area contributed by atoms with Crippen molar-refractivity contribution in [3.05, 3.63) is 36.1 Å². The van der Waals surface area contributed by atoms with Gasteiger partial charge < -0.3 is 14.6 Å². The Labute approximate surface area is 150 Å². The Bertz CT molecular complexity index is 818. The molecule has 136 valence electrons. The molecule has 1 aromatic carbocycles. The van der Waals surface area contributed by atoms with Crippen LogP contribution in [0, 0.1) is 0 Å². The highest BCUT2D eigenvalue weighted by Gasteiger charge is 2.35. The van der Waals surface area contributed by atoms with Crippen LogP contribution in [0.15, 0.2) is 34.7 Å². The highest BCUT2D eigenvalue weighted by Crippen LogP contribution is 2.21. The van der Waals surface area contributed by atoms with E-state index in [1.165, 1.54) is 7.05 Å². The molecule has 0 saturated carbocycles. The fourth-order valence-corrected chi connectivity index (χ4v) is 3.41. The minimum atomic E-state index is -0.382. The minimum Gasteiger partial charge on any atom is -0.451 e. The van der Waals surface area contributed by atoms with E-state index in [-0.39, 0.29) is 30.4 Å². The van der Waals surface area contributed by atoms with Gasteiger partial charge in [-0.05, 0) is 12.1 Å². The number of rotatable bonds is 2. The van der Waals surface area contributed by atoms with Gasteiger partial charge in [0.25, 0.3) is 5.91 Å². The molecule has 0 radical (unpaired) electrons. The van der Waals surface area contributed by atoms with Crippen LogP contribution in [0.2, 0.25) is 0 Å². The molecular weight excluding hydrogens is 336 g/mol. The standard InChI is InChI=1S/C18H20N4O4/c1-20-16(23)11-15(19-18(20)25)21-6-8-22(9-7-21)17(24)14-10-12-4-2-3-5-13(12)26-14/h2-5,10,15H,6-9,11H2,1H3,(H,19,25). The number of amides is 4. The van der Waals surface area contributed by atoms with Crippen molar-refractivity contribution in [3.63, 3.8) is 0 Å². The van der Waals surface area contributed by atoms with E-state index in [9.17, 15) is 14.4 Å². The van der Waals surface area contributed by atoms with Crippen LogP contribution in [-0.4, -0.2) is 71.9 Å². The lowest BCUT2D eigenvalue weighted by Crippen LogP contribution is -2.62. The van der Waals surface area contributed by atoms with Gasteiger partial charge in [0.15, 0.2) is 5.76 Å². The molecule has 2 fully saturated rings. The lowest BCUT2D eigenvalue weighted by Gasteiger charge is -2.41. The molecule has 1 unspecified atom stereocenters. The van der Waals surface area contributed by atoms with E-state index in [0.717, 1.165) is 10.3 Å².